The second-order valence-corrected chi connectivity index (χ2v) is 2.02. The van der Waals surface area contributed by atoms with Gasteiger partial charge in [0.25, 0.3) is 0 Å². The molecule has 10 heavy (non-hydrogen) atoms. The predicted molar refractivity (Wildman–Crippen MR) is 41.6 cm³/mol. The van der Waals surface area contributed by atoms with Gasteiger partial charge in [-0.2, -0.15) is 0 Å². The van der Waals surface area contributed by atoms with E-state index in [4.69, 9.17) is 5.73 Å². The first-order chi connectivity index (χ1) is 4.70. The second kappa shape index (κ2) is 4.85. The Hall–Kier alpha value is -0.990. The number of amides is 2. The lowest BCUT2D eigenvalue weighted by Crippen LogP contribution is -2.30. The van der Waals surface area contributed by atoms with Gasteiger partial charge in [-0.1, -0.05) is 18.6 Å². The maximum atomic E-state index is 10.2. The van der Waals surface area contributed by atoms with Crippen molar-refractivity contribution >= 4 is 6.03 Å². The van der Waals surface area contributed by atoms with E-state index in [1.165, 1.54) is 5.57 Å². The average Bonchev–Trinajstić information content (AvgIpc) is 1.90. The van der Waals surface area contributed by atoms with Gasteiger partial charge in [0.15, 0.2) is 0 Å². The van der Waals surface area contributed by atoms with E-state index in [0.717, 1.165) is 6.42 Å². The van der Waals surface area contributed by atoms with E-state index in [2.05, 4.69) is 5.32 Å². The van der Waals surface area contributed by atoms with Crippen LogP contribution in [0.15, 0.2) is 11.6 Å². The zero-order valence-electron chi connectivity index (χ0n) is 6.48. The molecule has 3 N–H and O–H groups in total. The summed E-state index contributed by atoms with van der Waals surface area (Å²) in [6, 6.07) is -0.465. The highest BCUT2D eigenvalue weighted by Gasteiger charge is 1.93. The molecule has 3 heteroatoms. The van der Waals surface area contributed by atoms with E-state index in [0.29, 0.717) is 6.54 Å². The van der Waals surface area contributed by atoms with Gasteiger partial charge in [0.1, 0.15) is 0 Å². The Morgan fingerprint density at radius 2 is 2.30 bits per heavy atom. The molecule has 0 aliphatic heterocycles. The molecule has 0 saturated carbocycles. The number of hydrogen-bond donors (Lipinski definition) is 2. The Morgan fingerprint density at radius 1 is 1.70 bits per heavy atom. The molecule has 0 atom stereocenters. The fourth-order valence-electron chi connectivity index (χ4n) is 0.632. The van der Waals surface area contributed by atoms with E-state index in [1.54, 1.807) is 0 Å². The largest absolute Gasteiger partial charge is 0.352 e. The Balaban J connectivity index is 3.56. The molecule has 58 valence electrons. The molecule has 0 rings (SSSR count). The van der Waals surface area contributed by atoms with Gasteiger partial charge in [0, 0.05) is 6.54 Å². The first-order valence-corrected chi connectivity index (χ1v) is 3.38. The van der Waals surface area contributed by atoms with Crippen LogP contribution in [0, 0.1) is 0 Å². The van der Waals surface area contributed by atoms with Gasteiger partial charge in [0.2, 0.25) is 0 Å². The summed E-state index contributed by atoms with van der Waals surface area (Å²) in [5.41, 5.74) is 6.07. The third-order valence-corrected chi connectivity index (χ3v) is 1.35. The highest BCUT2D eigenvalue weighted by atomic mass is 16.2. The summed E-state index contributed by atoms with van der Waals surface area (Å²) in [7, 11) is 0. The van der Waals surface area contributed by atoms with E-state index < -0.39 is 6.03 Å². The van der Waals surface area contributed by atoms with E-state index in [9.17, 15) is 4.79 Å². The van der Waals surface area contributed by atoms with Crippen molar-refractivity contribution in [1.29, 1.82) is 0 Å². The molecule has 0 aromatic carbocycles. The molecule has 0 aliphatic rings. The minimum absolute atomic E-state index is 0.465. The predicted octanol–water partition coefficient (Wildman–Crippen LogP) is 1.01. The third kappa shape index (κ3) is 3.95. The van der Waals surface area contributed by atoms with Gasteiger partial charge in [-0.25, -0.2) is 4.79 Å². The number of allylic oxidation sites excluding steroid dienone is 1. The first kappa shape index (κ1) is 9.01. The summed E-state index contributed by atoms with van der Waals surface area (Å²) < 4.78 is 0. The van der Waals surface area contributed by atoms with Crippen LogP contribution in [0.4, 0.5) is 4.79 Å². The SMILES string of the molecule is C/C=C(/CC)CNC(N)=O. The van der Waals surface area contributed by atoms with Crippen LogP contribution >= 0.6 is 0 Å². The summed E-state index contributed by atoms with van der Waals surface area (Å²) in [5, 5.41) is 2.52. The van der Waals surface area contributed by atoms with Crippen molar-refractivity contribution in [3.05, 3.63) is 11.6 Å². The summed E-state index contributed by atoms with van der Waals surface area (Å²) in [4.78, 5) is 10.2. The number of primary amides is 1. The van der Waals surface area contributed by atoms with Gasteiger partial charge < -0.3 is 11.1 Å². The van der Waals surface area contributed by atoms with E-state index >= 15 is 0 Å². The Labute approximate surface area is 61.3 Å². The molecular weight excluding hydrogens is 128 g/mol. The van der Waals surface area contributed by atoms with Crippen molar-refractivity contribution in [2.75, 3.05) is 6.54 Å². The van der Waals surface area contributed by atoms with Gasteiger partial charge in [0.05, 0.1) is 0 Å². The fraction of sp³-hybridized carbons (Fsp3) is 0.571. The topological polar surface area (TPSA) is 55.1 Å². The lowest BCUT2D eigenvalue weighted by Gasteiger charge is -2.02. The van der Waals surface area contributed by atoms with Crippen LogP contribution in [-0.4, -0.2) is 12.6 Å². The van der Waals surface area contributed by atoms with Crippen molar-refractivity contribution < 1.29 is 4.79 Å². The van der Waals surface area contributed by atoms with E-state index in [-0.39, 0.29) is 0 Å². The van der Waals surface area contributed by atoms with Crippen LogP contribution in [0.3, 0.4) is 0 Å². The standard InChI is InChI=1S/C7H14N2O/c1-3-6(4-2)5-9-7(8)10/h3H,4-5H2,1-2H3,(H3,8,9,10)/b6-3-. The molecule has 0 bridgehead atoms. The molecule has 0 aromatic heterocycles. The normalized spacial score (nSPS) is 11.2. The summed E-state index contributed by atoms with van der Waals surface area (Å²) in [6.07, 6.45) is 2.94. The highest BCUT2D eigenvalue weighted by Crippen LogP contribution is 1.96. The van der Waals surface area contributed by atoms with Crippen molar-refractivity contribution in [3.8, 4) is 0 Å². The van der Waals surface area contributed by atoms with Gasteiger partial charge in [-0.05, 0) is 13.3 Å². The Morgan fingerprint density at radius 3 is 2.60 bits per heavy atom. The maximum Gasteiger partial charge on any atom is 0.312 e. The molecule has 0 heterocycles. The summed E-state index contributed by atoms with van der Waals surface area (Å²) in [6.45, 7) is 4.56. The zero-order chi connectivity index (χ0) is 7.98. The van der Waals surface area contributed by atoms with Crippen molar-refractivity contribution in [1.82, 2.24) is 5.32 Å². The number of urea groups is 1. The molecule has 0 aromatic rings. The minimum Gasteiger partial charge on any atom is -0.352 e. The maximum absolute atomic E-state index is 10.2. The Kier molecular flexibility index (Phi) is 4.37. The van der Waals surface area contributed by atoms with Crippen LogP contribution in [-0.2, 0) is 0 Å². The number of carbonyl (C=O) groups is 1. The lowest BCUT2D eigenvalue weighted by molar-refractivity contribution is 0.249. The molecule has 0 aliphatic carbocycles. The number of nitrogens with one attached hydrogen (secondary N) is 1. The minimum atomic E-state index is -0.465. The van der Waals surface area contributed by atoms with Gasteiger partial charge in [-0.15, -0.1) is 0 Å². The van der Waals surface area contributed by atoms with Crippen LogP contribution < -0.4 is 11.1 Å². The van der Waals surface area contributed by atoms with Crippen molar-refractivity contribution in [3.63, 3.8) is 0 Å². The van der Waals surface area contributed by atoms with Crippen molar-refractivity contribution in [2.24, 2.45) is 5.73 Å². The average molecular weight is 142 g/mol. The number of nitrogens with two attached hydrogens (primary N) is 1. The molecule has 0 saturated heterocycles. The molecule has 0 fully saturated rings. The molecule has 0 radical (unpaired) electrons. The quantitative estimate of drug-likeness (QED) is 0.568. The molecule has 3 nitrogen and oxygen atoms in total. The number of hydrogen-bond acceptors (Lipinski definition) is 1. The number of rotatable bonds is 3. The monoisotopic (exact) mass is 142 g/mol. The van der Waals surface area contributed by atoms with Gasteiger partial charge in [-0.3, -0.25) is 0 Å². The molecule has 2 amide bonds. The Bertz CT molecular complexity index is 141. The third-order valence-electron chi connectivity index (χ3n) is 1.35. The smallest absolute Gasteiger partial charge is 0.312 e. The molecule has 0 unspecified atom stereocenters. The van der Waals surface area contributed by atoms with Gasteiger partial charge >= 0.3 is 6.03 Å². The highest BCUT2D eigenvalue weighted by molar-refractivity contribution is 5.71. The lowest BCUT2D eigenvalue weighted by atomic mass is 10.2. The van der Waals surface area contributed by atoms with Crippen LogP contribution in [0.1, 0.15) is 20.3 Å². The van der Waals surface area contributed by atoms with Crippen LogP contribution in [0.5, 0.6) is 0 Å². The number of carbonyl (C=O) groups excluding carboxylic acids is 1. The van der Waals surface area contributed by atoms with Crippen LogP contribution in [0.2, 0.25) is 0 Å². The fourth-order valence-corrected chi connectivity index (χ4v) is 0.632. The summed E-state index contributed by atoms with van der Waals surface area (Å²) in [5.74, 6) is 0. The van der Waals surface area contributed by atoms with Crippen LogP contribution in [0.25, 0.3) is 0 Å². The second-order valence-electron chi connectivity index (χ2n) is 2.02. The van der Waals surface area contributed by atoms with E-state index in [1.807, 2.05) is 19.9 Å². The van der Waals surface area contributed by atoms with Crippen molar-refractivity contribution in [2.45, 2.75) is 20.3 Å². The first-order valence-electron chi connectivity index (χ1n) is 3.38. The molecule has 0 spiro atoms. The molecular formula is C7H14N2O. The summed E-state index contributed by atoms with van der Waals surface area (Å²) >= 11 is 0. The zero-order valence-corrected chi connectivity index (χ0v) is 6.48.